The topological polar surface area (TPSA) is 28.7 Å². The fourth-order valence-corrected chi connectivity index (χ4v) is 2.57. The van der Waals surface area contributed by atoms with E-state index in [0.717, 1.165) is 22.4 Å². The van der Waals surface area contributed by atoms with Crippen LogP contribution in [0.2, 0.25) is 10.0 Å². The fourth-order valence-electron chi connectivity index (χ4n) is 2.25. The van der Waals surface area contributed by atoms with Gasteiger partial charge in [-0.15, -0.1) is 0 Å². The van der Waals surface area contributed by atoms with E-state index in [1.807, 2.05) is 18.2 Å². The lowest BCUT2D eigenvalue weighted by molar-refractivity contribution is 1.04. The van der Waals surface area contributed by atoms with Gasteiger partial charge in [0.2, 0.25) is 0 Å². The molecule has 1 heterocycles. The van der Waals surface area contributed by atoms with Crippen molar-refractivity contribution >= 4 is 34.2 Å². The molecule has 0 saturated heterocycles. The van der Waals surface area contributed by atoms with Crippen LogP contribution in [-0.4, -0.2) is 9.97 Å². The highest BCUT2D eigenvalue weighted by Gasteiger charge is 2.07. The van der Waals surface area contributed by atoms with E-state index in [4.69, 9.17) is 23.2 Å². The summed E-state index contributed by atoms with van der Waals surface area (Å²) in [6, 6.07) is 9.91. The van der Waals surface area contributed by atoms with Crippen molar-refractivity contribution in [3.05, 3.63) is 62.9 Å². The zero-order chi connectivity index (χ0) is 14.3. The van der Waals surface area contributed by atoms with Crippen molar-refractivity contribution in [3.63, 3.8) is 0 Å². The number of fused-ring (bicyclic) bond motifs is 1. The second-order valence-electron chi connectivity index (χ2n) is 5.06. The Bertz CT molecular complexity index is 752. The summed E-state index contributed by atoms with van der Waals surface area (Å²) in [5, 5.41) is 1.15. The molecule has 1 N–H and O–H groups in total. The van der Waals surface area contributed by atoms with Crippen LogP contribution in [0.4, 0.5) is 0 Å². The Morgan fingerprint density at radius 1 is 1.00 bits per heavy atom. The molecular formula is C16H14Cl2N2. The van der Waals surface area contributed by atoms with E-state index >= 15 is 0 Å². The Morgan fingerprint density at radius 3 is 2.50 bits per heavy atom. The van der Waals surface area contributed by atoms with Crippen molar-refractivity contribution in [2.45, 2.75) is 20.3 Å². The van der Waals surface area contributed by atoms with Gasteiger partial charge < -0.3 is 4.98 Å². The minimum Gasteiger partial charge on any atom is -0.342 e. The number of hydrogen-bond acceptors (Lipinski definition) is 1. The van der Waals surface area contributed by atoms with E-state index in [1.54, 1.807) is 0 Å². The van der Waals surface area contributed by atoms with Gasteiger partial charge in [-0.2, -0.15) is 0 Å². The number of aryl methyl sites for hydroxylation is 2. The molecule has 0 saturated carbocycles. The van der Waals surface area contributed by atoms with Gasteiger partial charge in [-0.05, 0) is 54.8 Å². The van der Waals surface area contributed by atoms with Crippen LogP contribution in [0, 0.1) is 13.8 Å². The molecule has 2 nitrogen and oxygen atoms in total. The molecule has 2 aromatic carbocycles. The van der Waals surface area contributed by atoms with Crippen molar-refractivity contribution < 1.29 is 0 Å². The summed E-state index contributed by atoms with van der Waals surface area (Å²) < 4.78 is 0. The van der Waals surface area contributed by atoms with Gasteiger partial charge in [0.05, 0.1) is 21.1 Å². The van der Waals surface area contributed by atoms with E-state index < -0.39 is 0 Å². The Labute approximate surface area is 127 Å². The third-order valence-electron chi connectivity index (χ3n) is 3.50. The average molecular weight is 305 g/mol. The van der Waals surface area contributed by atoms with Gasteiger partial charge in [0, 0.05) is 6.42 Å². The molecule has 0 aliphatic carbocycles. The molecular weight excluding hydrogens is 291 g/mol. The second-order valence-corrected chi connectivity index (χ2v) is 5.88. The first-order chi connectivity index (χ1) is 9.52. The van der Waals surface area contributed by atoms with Crippen molar-refractivity contribution in [1.82, 2.24) is 9.97 Å². The SMILES string of the molecule is Cc1cc2nc(Cc3ccc(Cl)c(Cl)c3)[nH]c2cc1C. The molecule has 4 heteroatoms. The molecule has 0 amide bonds. The monoisotopic (exact) mass is 304 g/mol. The number of benzene rings is 2. The highest BCUT2D eigenvalue weighted by atomic mass is 35.5. The van der Waals surface area contributed by atoms with Gasteiger partial charge in [-0.1, -0.05) is 29.3 Å². The molecule has 0 aliphatic rings. The molecule has 0 spiro atoms. The number of nitrogens with zero attached hydrogens (tertiary/aromatic N) is 1. The summed E-state index contributed by atoms with van der Waals surface area (Å²) >= 11 is 12.0. The lowest BCUT2D eigenvalue weighted by atomic mass is 10.1. The summed E-state index contributed by atoms with van der Waals surface area (Å²) in [5.41, 5.74) is 5.69. The quantitative estimate of drug-likeness (QED) is 0.703. The minimum absolute atomic E-state index is 0.575. The third kappa shape index (κ3) is 2.54. The predicted molar refractivity (Wildman–Crippen MR) is 84.8 cm³/mol. The number of hydrogen-bond donors (Lipinski definition) is 1. The Balaban J connectivity index is 1.96. The average Bonchev–Trinajstić information content (AvgIpc) is 2.76. The van der Waals surface area contributed by atoms with Crippen molar-refractivity contribution in [1.29, 1.82) is 0 Å². The lowest BCUT2D eigenvalue weighted by Gasteiger charge is -2.00. The highest BCUT2D eigenvalue weighted by molar-refractivity contribution is 6.42. The number of imidazole rings is 1. The van der Waals surface area contributed by atoms with E-state index in [9.17, 15) is 0 Å². The Kier molecular flexibility index (Phi) is 3.45. The molecule has 0 fully saturated rings. The maximum Gasteiger partial charge on any atom is 0.111 e. The van der Waals surface area contributed by atoms with Crippen LogP contribution in [0.5, 0.6) is 0 Å². The van der Waals surface area contributed by atoms with Crippen LogP contribution < -0.4 is 0 Å². The standard InChI is InChI=1S/C16H14Cl2N2/c1-9-5-14-15(6-10(9)2)20-16(19-14)8-11-3-4-12(17)13(18)7-11/h3-7H,8H2,1-2H3,(H,19,20). The van der Waals surface area contributed by atoms with E-state index in [0.29, 0.717) is 16.5 Å². The van der Waals surface area contributed by atoms with Crippen LogP contribution in [-0.2, 0) is 6.42 Å². The van der Waals surface area contributed by atoms with Crippen LogP contribution in [0.15, 0.2) is 30.3 Å². The van der Waals surface area contributed by atoms with Crippen molar-refractivity contribution in [2.75, 3.05) is 0 Å². The summed E-state index contributed by atoms with van der Waals surface area (Å²) in [7, 11) is 0. The number of H-pyrrole nitrogens is 1. The second kappa shape index (κ2) is 5.12. The number of aromatic amines is 1. The first-order valence-corrected chi connectivity index (χ1v) is 7.18. The van der Waals surface area contributed by atoms with Crippen LogP contribution in [0.1, 0.15) is 22.5 Å². The van der Waals surface area contributed by atoms with E-state index in [1.165, 1.54) is 11.1 Å². The number of nitrogens with one attached hydrogen (secondary N) is 1. The molecule has 0 bridgehead atoms. The van der Waals surface area contributed by atoms with Crippen LogP contribution >= 0.6 is 23.2 Å². The fraction of sp³-hybridized carbons (Fsp3) is 0.188. The molecule has 0 atom stereocenters. The minimum atomic E-state index is 0.575. The van der Waals surface area contributed by atoms with E-state index in [-0.39, 0.29) is 0 Å². The normalized spacial score (nSPS) is 11.2. The first-order valence-electron chi connectivity index (χ1n) is 6.43. The molecule has 0 radical (unpaired) electrons. The Hall–Kier alpha value is -1.51. The van der Waals surface area contributed by atoms with Crippen LogP contribution in [0.25, 0.3) is 11.0 Å². The van der Waals surface area contributed by atoms with Gasteiger partial charge in [-0.25, -0.2) is 4.98 Å². The predicted octanol–water partition coefficient (Wildman–Crippen LogP) is 5.08. The van der Waals surface area contributed by atoms with Gasteiger partial charge in [0.1, 0.15) is 5.82 Å². The lowest BCUT2D eigenvalue weighted by Crippen LogP contribution is -1.90. The third-order valence-corrected chi connectivity index (χ3v) is 4.24. The van der Waals surface area contributed by atoms with Crippen molar-refractivity contribution in [3.8, 4) is 0 Å². The van der Waals surface area contributed by atoms with E-state index in [2.05, 4.69) is 35.9 Å². The van der Waals surface area contributed by atoms with Gasteiger partial charge in [0.25, 0.3) is 0 Å². The van der Waals surface area contributed by atoms with Gasteiger partial charge in [-0.3, -0.25) is 0 Å². The largest absolute Gasteiger partial charge is 0.342 e. The summed E-state index contributed by atoms with van der Waals surface area (Å²) in [6.45, 7) is 4.20. The maximum absolute atomic E-state index is 6.04. The number of rotatable bonds is 2. The zero-order valence-electron chi connectivity index (χ0n) is 11.3. The Morgan fingerprint density at radius 2 is 1.75 bits per heavy atom. The van der Waals surface area contributed by atoms with Crippen LogP contribution in [0.3, 0.4) is 0 Å². The molecule has 3 aromatic rings. The number of aromatic nitrogens is 2. The summed E-state index contributed by atoms with van der Waals surface area (Å²) in [4.78, 5) is 7.99. The molecule has 0 aliphatic heterocycles. The highest BCUT2D eigenvalue weighted by Crippen LogP contribution is 2.24. The molecule has 102 valence electrons. The summed E-state index contributed by atoms with van der Waals surface area (Å²) in [5.74, 6) is 0.934. The summed E-state index contributed by atoms with van der Waals surface area (Å²) in [6.07, 6.45) is 0.712. The molecule has 1 aromatic heterocycles. The first kappa shape index (κ1) is 13.5. The molecule has 0 unspecified atom stereocenters. The molecule has 3 rings (SSSR count). The van der Waals surface area contributed by atoms with Gasteiger partial charge in [0.15, 0.2) is 0 Å². The van der Waals surface area contributed by atoms with Gasteiger partial charge >= 0.3 is 0 Å². The smallest absolute Gasteiger partial charge is 0.111 e. The zero-order valence-corrected chi connectivity index (χ0v) is 12.8. The van der Waals surface area contributed by atoms with Crippen molar-refractivity contribution in [2.24, 2.45) is 0 Å². The number of halogens is 2. The molecule has 20 heavy (non-hydrogen) atoms. The maximum atomic E-state index is 6.04.